The lowest BCUT2D eigenvalue weighted by atomic mass is 10.1. The summed E-state index contributed by atoms with van der Waals surface area (Å²) < 4.78 is 0. The van der Waals surface area contributed by atoms with E-state index < -0.39 is 0 Å². The molecule has 1 aromatic carbocycles. The van der Waals surface area contributed by atoms with Crippen molar-refractivity contribution in [3.8, 4) is 0 Å². The zero-order valence-electron chi connectivity index (χ0n) is 19.0. The summed E-state index contributed by atoms with van der Waals surface area (Å²) in [5.74, 6) is 0.721. The Hall–Kier alpha value is -3.32. The van der Waals surface area contributed by atoms with Crippen molar-refractivity contribution < 1.29 is 4.79 Å². The van der Waals surface area contributed by atoms with Crippen molar-refractivity contribution in [1.29, 1.82) is 0 Å². The molecule has 7 heteroatoms. The van der Waals surface area contributed by atoms with Crippen LogP contribution < -0.4 is 5.56 Å². The normalized spacial score (nSPS) is 18.3. The molecule has 5 rings (SSSR count). The van der Waals surface area contributed by atoms with Gasteiger partial charge >= 0.3 is 0 Å². The number of aromatic amines is 1. The zero-order valence-corrected chi connectivity index (χ0v) is 19.0. The minimum Gasteiger partial charge on any atom is -0.332 e. The van der Waals surface area contributed by atoms with Crippen LogP contribution in [0.5, 0.6) is 0 Å². The van der Waals surface area contributed by atoms with E-state index in [0.717, 1.165) is 54.7 Å². The Morgan fingerprint density at radius 2 is 2.00 bits per heavy atom. The van der Waals surface area contributed by atoms with Crippen molar-refractivity contribution in [3.05, 3.63) is 92.9 Å². The molecule has 0 radical (unpaired) electrons. The van der Waals surface area contributed by atoms with E-state index in [-0.39, 0.29) is 17.5 Å². The van der Waals surface area contributed by atoms with E-state index >= 15 is 0 Å². The van der Waals surface area contributed by atoms with E-state index in [2.05, 4.69) is 20.9 Å². The topological polar surface area (TPSA) is 82.2 Å². The predicted octanol–water partition coefficient (Wildman–Crippen LogP) is 2.94. The molecular formula is C26H29N5O2. The number of amides is 1. The summed E-state index contributed by atoms with van der Waals surface area (Å²) >= 11 is 0. The van der Waals surface area contributed by atoms with E-state index in [9.17, 15) is 9.59 Å². The van der Waals surface area contributed by atoms with Crippen LogP contribution >= 0.6 is 0 Å². The van der Waals surface area contributed by atoms with Gasteiger partial charge in [-0.15, -0.1) is 0 Å². The van der Waals surface area contributed by atoms with Gasteiger partial charge < -0.3 is 9.88 Å². The second-order valence-corrected chi connectivity index (χ2v) is 9.11. The molecule has 2 aliphatic heterocycles. The highest BCUT2D eigenvalue weighted by atomic mass is 16.2. The SMILES string of the molecule is Cc1ccc(CC(=O)N2CCCC2c2nc3c(c(=O)[nH]2)CN(Cc2cccnc2)CC3)cc1. The lowest BCUT2D eigenvalue weighted by Gasteiger charge is -2.29. The number of aromatic nitrogens is 3. The summed E-state index contributed by atoms with van der Waals surface area (Å²) in [7, 11) is 0. The molecule has 0 spiro atoms. The van der Waals surface area contributed by atoms with Crippen LogP contribution in [0.2, 0.25) is 0 Å². The van der Waals surface area contributed by atoms with Crippen LogP contribution in [0.3, 0.4) is 0 Å². The maximum absolute atomic E-state index is 13.1. The Balaban J connectivity index is 1.31. The molecule has 1 atom stereocenters. The van der Waals surface area contributed by atoms with Gasteiger partial charge in [0.15, 0.2) is 0 Å². The number of aryl methyl sites for hydroxylation is 1. The smallest absolute Gasteiger partial charge is 0.255 e. The molecular weight excluding hydrogens is 414 g/mol. The first-order chi connectivity index (χ1) is 16.1. The van der Waals surface area contributed by atoms with Crippen molar-refractivity contribution in [2.75, 3.05) is 13.1 Å². The Kier molecular flexibility index (Phi) is 6.05. The molecule has 0 bridgehead atoms. The van der Waals surface area contributed by atoms with Gasteiger partial charge in [0.1, 0.15) is 5.82 Å². The summed E-state index contributed by atoms with van der Waals surface area (Å²) in [6.45, 7) is 4.93. The number of hydrogen-bond donors (Lipinski definition) is 1. The molecule has 2 aliphatic rings. The van der Waals surface area contributed by atoms with Crippen LogP contribution in [0, 0.1) is 6.92 Å². The number of carbonyl (C=O) groups is 1. The molecule has 4 heterocycles. The molecule has 170 valence electrons. The van der Waals surface area contributed by atoms with E-state index in [1.165, 1.54) is 5.56 Å². The average molecular weight is 444 g/mol. The first-order valence-corrected chi connectivity index (χ1v) is 11.6. The molecule has 33 heavy (non-hydrogen) atoms. The van der Waals surface area contributed by atoms with Gasteiger partial charge in [-0.2, -0.15) is 0 Å². The standard InChI is InChI=1S/C26H29N5O2/c1-18-6-8-19(9-7-18)14-24(32)31-12-3-5-23(31)25-28-22-10-13-30(17-21(22)26(33)29-25)16-20-4-2-11-27-15-20/h2,4,6-9,11,15,23H,3,5,10,12-14,16-17H2,1H3,(H,28,29,33). The second kappa shape index (κ2) is 9.27. The fourth-order valence-electron chi connectivity index (χ4n) is 4.87. The van der Waals surface area contributed by atoms with Gasteiger partial charge in [0, 0.05) is 45.0 Å². The lowest BCUT2D eigenvalue weighted by molar-refractivity contribution is -0.131. The molecule has 3 aromatic rings. The van der Waals surface area contributed by atoms with E-state index in [0.29, 0.717) is 25.3 Å². The lowest BCUT2D eigenvalue weighted by Crippen LogP contribution is -2.38. The fraction of sp³-hybridized carbons (Fsp3) is 0.385. The van der Waals surface area contributed by atoms with Crippen LogP contribution in [0.4, 0.5) is 0 Å². The van der Waals surface area contributed by atoms with Crippen LogP contribution in [-0.4, -0.2) is 43.7 Å². The number of H-pyrrole nitrogens is 1. The molecule has 1 fully saturated rings. The van der Waals surface area contributed by atoms with Crippen molar-refractivity contribution in [1.82, 2.24) is 24.8 Å². The molecule has 0 aliphatic carbocycles. The third-order valence-corrected chi connectivity index (χ3v) is 6.66. The number of benzene rings is 1. The molecule has 0 saturated carbocycles. The summed E-state index contributed by atoms with van der Waals surface area (Å²) in [4.78, 5) is 42.3. The van der Waals surface area contributed by atoms with E-state index in [1.54, 1.807) is 6.20 Å². The van der Waals surface area contributed by atoms with Gasteiger partial charge in [0.2, 0.25) is 5.91 Å². The number of nitrogens with zero attached hydrogens (tertiary/aromatic N) is 4. The zero-order chi connectivity index (χ0) is 22.8. The van der Waals surface area contributed by atoms with Crippen molar-refractivity contribution in [2.24, 2.45) is 0 Å². The summed E-state index contributed by atoms with van der Waals surface area (Å²) in [5.41, 5.74) is 4.86. The van der Waals surface area contributed by atoms with Gasteiger partial charge in [0.25, 0.3) is 5.56 Å². The van der Waals surface area contributed by atoms with Crippen LogP contribution in [-0.2, 0) is 30.7 Å². The van der Waals surface area contributed by atoms with Gasteiger partial charge in [-0.1, -0.05) is 35.9 Å². The Morgan fingerprint density at radius 1 is 1.15 bits per heavy atom. The third-order valence-electron chi connectivity index (χ3n) is 6.66. The first-order valence-electron chi connectivity index (χ1n) is 11.6. The number of pyridine rings is 1. The summed E-state index contributed by atoms with van der Waals surface area (Å²) in [6, 6.07) is 11.9. The van der Waals surface area contributed by atoms with Crippen LogP contribution in [0.1, 0.15) is 52.7 Å². The number of rotatable bonds is 5. The Bertz CT molecular complexity index is 1190. The van der Waals surface area contributed by atoms with Gasteiger partial charge in [-0.25, -0.2) is 4.98 Å². The minimum absolute atomic E-state index is 0.0799. The highest BCUT2D eigenvalue weighted by Crippen LogP contribution is 2.31. The van der Waals surface area contributed by atoms with Gasteiger partial charge in [-0.3, -0.25) is 19.5 Å². The van der Waals surface area contributed by atoms with Crippen molar-refractivity contribution in [3.63, 3.8) is 0 Å². The Morgan fingerprint density at radius 3 is 2.79 bits per heavy atom. The number of likely N-dealkylation sites (tertiary alicyclic amines) is 1. The fourth-order valence-corrected chi connectivity index (χ4v) is 4.87. The number of fused-ring (bicyclic) bond motifs is 1. The molecule has 2 aromatic heterocycles. The van der Waals surface area contributed by atoms with Gasteiger partial charge in [0.05, 0.1) is 23.7 Å². The highest BCUT2D eigenvalue weighted by molar-refractivity contribution is 5.79. The minimum atomic E-state index is -0.158. The molecule has 1 N–H and O–H groups in total. The monoisotopic (exact) mass is 443 g/mol. The number of hydrogen-bond acceptors (Lipinski definition) is 5. The number of nitrogens with one attached hydrogen (secondary N) is 1. The summed E-state index contributed by atoms with van der Waals surface area (Å²) in [6.07, 6.45) is 6.48. The predicted molar refractivity (Wildman–Crippen MR) is 125 cm³/mol. The summed E-state index contributed by atoms with van der Waals surface area (Å²) in [5, 5.41) is 0. The average Bonchev–Trinajstić information content (AvgIpc) is 3.32. The van der Waals surface area contributed by atoms with E-state index in [4.69, 9.17) is 4.98 Å². The second-order valence-electron chi connectivity index (χ2n) is 9.11. The first kappa shape index (κ1) is 21.5. The largest absolute Gasteiger partial charge is 0.332 e. The molecule has 1 amide bonds. The quantitative estimate of drug-likeness (QED) is 0.656. The molecule has 1 saturated heterocycles. The van der Waals surface area contributed by atoms with Crippen LogP contribution in [0.25, 0.3) is 0 Å². The molecule has 7 nitrogen and oxygen atoms in total. The van der Waals surface area contributed by atoms with Crippen LogP contribution in [0.15, 0.2) is 53.6 Å². The highest BCUT2D eigenvalue weighted by Gasteiger charge is 2.33. The Labute approximate surface area is 193 Å². The third kappa shape index (κ3) is 4.73. The molecule has 1 unspecified atom stereocenters. The van der Waals surface area contributed by atoms with Crippen molar-refractivity contribution >= 4 is 5.91 Å². The van der Waals surface area contributed by atoms with Gasteiger partial charge in [-0.05, 0) is 37.0 Å². The maximum atomic E-state index is 13.1. The van der Waals surface area contributed by atoms with E-state index in [1.807, 2.05) is 48.4 Å². The van der Waals surface area contributed by atoms with Crippen molar-refractivity contribution in [2.45, 2.75) is 51.7 Å². The number of carbonyl (C=O) groups excluding carboxylic acids is 1. The maximum Gasteiger partial charge on any atom is 0.255 e.